The lowest BCUT2D eigenvalue weighted by Crippen LogP contribution is -2.33. The molecule has 4 nitrogen and oxygen atoms in total. The van der Waals surface area contributed by atoms with Crippen molar-refractivity contribution in [1.29, 1.82) is 0 Å². The second kappa shape index (κ2) is 6.89. The summed E-state index contributed by atoms with van der Waals surface area (Å²) in [6.07, 6.45) is 7.62. The molecule has 0 heterocycles. The average Bonchev–Trinajstić information content (AvgIpc) is 2.47. The number of carbonyl (C=O) groups is 2. The van der Waals surface area contributed by atoms with Crippen molar-refractivity contribution in [2.24, 2.45) is 5.92 Å². The monoisotopic (exact) mass is 272 g/mol. The van der Waals surface area contributed by atoms with Gasteiger partial charge in [-0.2, -0.15) is 0 Å². The molecule has 0 aliphatic heterocycles. The van der Waals surface area contributed by atoms with E-state index in [1.165, 1.54) is 6.92 Å². The third kappa shape index (κ3) is 4.23. The van der Waals surface area contributed by atoms with Crippen LogP contribution in [0, 0.1) is 5.92 Å². The van der Waals surface area contributed by atoms with Gasteiger partial charge in [-0.1, -0.05) is 12.2 Å². The van der Waals surface area contributed by atoms with Gasteiger partial charge in [0.1, 0.15) is 0 Å². The van der Waals surface area contributed by atoms with Gasteiger partial charge in [-0.3, -0.25) is 4.79 Å². The van der Waals surface area contributed by atoms with E-state index in [0.29, 0.717) is 23.7 Å². The van der Waals surface area contributed by atoms with Crippen LogP contribution in [0.2, 0.25) is 0 Å². The highest BCUT2D eigenvalue weighted by Gasteiger charge is 2.11. The van der Waals surface area contributed by atoms with E-state index in [4.69, 9.17) is 0 Å². The van der Waals surface area contributed by atoms with Crippen LogP contribution in [-0.2, 0) is 0 Å². The summed E-state index contributed by atoms with van der Waals surface area (Å²) in [4.78, 5) is 22.9. The largest absolute Gasteiger partial charge is 0.338 e. The molecule has 0 radical (unpaired) electrons. The van der Waals surface area contributed by atoms with Gasteiger partial charge in [-0.25, -0.2) is 4.79 Å². The number of carbonyl (C=O) groups excluding carboxylic acids is 2. The summed E-state index contributed by atoms with van der Waals surface area (Å²) in [7, 11) is 0. The number of anilines is 1. The predicted octanol–water partition coefficient (Wildman–Crippen LogP) is 3.37. The average molecular weight is 272 g/mol. The quantitative estimate of drug-likeness (QED) is 0.652. The molecule has 0 bridgehead atoms. The minimum atomic E-state index is -0.199. The molecule has 4 heteroatoms. The van der Waals surface area contributed by atoms with Gasteiger partial charge in [0.05, 0.1) is 0 Å². The molecule has 1 aliphatic rings. The molecule has 0 fully saturated rings. The van der Waals surface area contributed by atoms with Crippen molar-refractivity contribution < 1.29 is 9.59 Å². The van der Waals surface area contributed by atoms with Gasteiger partial charge in [0.25, 0.3) is 0 Å². The van der Waals surface area contributed by atoms with Gasteiger partial charge in [0.15, 0.2) is 5.78 Å². The first kappa shape index (κ1) is 14.3. The zero-order valence-electron chi connectivity index (χ0n) is 11.7. The lowest BCUT2D eigenvalue weighted by Gasteiger charge is -2.18. The van der Waals surface area contributed by atoms with Gasteiger partial charge in [0.2, 0.25) is 0 Å². The van der Waals surface area contributed by atoms with Crippen LogP contribution in [-0.4, -0.2) is 18.4 Å². The van der Waals surface area contributed by atoms with Crippen LogP contribution in [0.5, 0.6) is 0 Å². The predicted molar refractivity (Wildman–Crippen MR) is 79.9 cm³/mol. The van der Waals surface area contributed by atoms with Crippen molar-refractivity contribution >= 4 is 17.5 Å². The van der Waals surface area contributed by atoms with Crippen molar-refractivity contribution in [2.75, 3.05) is 11.9 Å². The number of hydrogen-bond acceptors (Lipinski definition) is 2. The van der Waals surface area contributed by atoms with Crippen LogP contribution in [0.25, 0.3) is 0 Å². The van der Waals surface area contributed by atoms with E-state index in [9.17, 15) is 9.59 Å². The molecule has 2 N–H and O–H groups in total. The van der Waals surface area contributed by atoms with Crippen LogP contribution in [0.4, 0.5) is 10.5 Å². The van der Waals surface area contributed by atoms with E-state index in [1.807, 2.05) is 0 Å². The molecule has 0 aromatic heterocycles. The van der Waals surface area contributed by atoms with Crippen LogP contribution < -0.4 is 10.6 Å². The molecule has 2 amide bonds. The smallest absolute Gasteiger partial charge is 0.319 e. The Kier molecular flexibility index (Phi) is 4.93. The number of Topliss-reactive ketones (excluding diaryl/α,β-unsaturated/α-hetero) is 1. The Morgan fingerprint density at radius 1 is 1.20 bits per heavy atom. The Morgan fingerprint density at radius 2 is 1.95 bits per heavy atom. The molecule has 106 valence electrons. The minimum absolute atomic E-state index is 0.0198. The van der Waals surface area contributed by atoms with Gasteiger partial charge >= 0.3 is 6.03 Å². The number of benzene rings is 1. The van der Waals surface area contributed by atoms with Crippen LogP contribution in [0.15, 0.2) is 36.4 Å². The lowest BCUT2D eigenvalue weighted by molar-refractivity contribution is 0.101. The van der Waals surface area contributed by atoms with Crippen molar-refractivity contribution in [3.8, 4) is 0 Å². The fraction of sp³-hybridized carbons (Fsp3) is 0.375. The zero-order chi connectivity index (χ0) is 14.4. The van der Waals surface area contributed by atoms with E-state index in [2.05, 4.69) is 22.8 Å². The molecule has 1 aromatic carbocycles. The first-order valence-electron chi connectivity index (χ1n) is 6.96. The molecule has 1 atom stereocenters. The van der Waals surface area contributed by atoms with Crippen LogP contribution in [0.3, 0.4) is 0 Å². The van der Waals surface area contributed by atoms with Crippen LogP contribution in [0.1, 0.15) is 36.5 Å². The second-order valence-corrected chi connectivity index (χ2v) is 5.12. The summed E-state index contributed by atoms with van der Waals surface area (Å²) in [5, 5.41) is 5.66. The molecule has 2 rings (SSSR count). The highest BCUT2D eigenvalue weighted by Crippen LogP contribution is 2.17. The summed E-state index contributed by atoms with van der Waals surface area (Å²) in [5.74, 6) is 0.553. The molecular weight excluding hydrogens is 252 g/mol. The summed E-state index contributed by atoms with van der Waals surface area (Å²) < 4.78 is 0. The Bertz CT molecular complexity index is 506. The summed E-state index contributed by atoms with van der Waals surface area (Å²) in [6.45, 7) is 2.22. The topological polar surface area (TPSA) is 58.2 Å². The normalized spacial score (nSPS) is 17.6. The standard InChI is InChI=1S/C16H20N2O2/c1-12(19)14-7-9-15(10-8-14)18-16(20)17-11-13-5-3-2-4-6-13/h2-3,7-10,13H,4-6,11H2,1H3,(H2,17,18,20). The maximum absolute atomic E-state index is 11.8. The molecule has 20 heavy (non-hydrogen) atoms. The summed E-state index contributed by atoms with van der Waals surface area (Å²) in [6, 6.07) is 6.70. The Labute approximate surface area is 119 Å². The third-order valence-corrected chi connectivity index (χ3v) is 3.48. The lowest BCUT2D eigenvalue weighted by atomic mass is 9.94. The van der Waals surface area contributed by atoms with Crippen molar-refractivity contribution in [1.82, 2.24) is 5.32 Å². The number of ketones is 1. The molecule has 0 saturated carbocycles. The van der Waals surface area contributed by atoms with Gasteiger partial charge in [0, 0.05) is 17.8 Å². The highest BCUT2D eigenvalue weighted by atomic mass is 16.2. The van der Waals surface area contributed by atoms with E-state index in [1.54, 1.807) is 24.3 Å². The number of urea groups is 1. The summed E-state index contributed by atoms with van der Waals surface area (Å²) in [5.41, 5.74) is 1.33. The molecule has 1 aliphatic carbocycles. The van der Waals surface area contributed by atoms with Gasteiger partial charge in [-0.05, 0) is 56.4 Å². The molecule has 1 unspecified atom stereocenters. The first-order chi connectivity index (χ1) is 9.65. The molecule has 0 spiro atoms. The van der Waals surface area contributed by atoms with E-state index in [-0.39, 0.29) is 11.8 Å². The number of amides is 2. The number of nitrogens with one attached hydrogen (secondary N) is 2. The minimum Gasteiger partial charge on any atom is -0.338 e. The summed E-state index contributed by atoms with van der Waals surface area (Å²) >= 11 is 0. The fourth-order valence-corrected chi connectivity index (χ4v) is 2.24. The Balaban J connectivity index is 1.78. The van der Waals surface area contributed by atoms with E-state index in [0.717, 1.165) is 19.3 Å². The van der Waals surface area contributed by atoms with Gasteiger partial charge < -0.3 is 10.6 Å². The molecule has 1 aromatic rings. The SMILES string of the molecule is CC(=O)c1ccc(NC(=O)NCC2CC=CCC2)cc1. The Hall–Kier alpha value is -2.10. The second-order valence-electron chi connectivity index (χ2n) is 5.12. The van der Waals surface area contributed by atoms with Gasteiger partial charge in [-0.15, -0.1) is 0 Å². The number of allylic oxidation sites excluding steroid dienone is 2. The molecular formula is C16H20N2O2. The highest BCUT2D eigenvalue weighted by molar-refractivity contribution is 5.95. The number of hydrogen-bond donors (Lipinski definition) is 2. The molecule has 0 saturated heterocycles. The van der Waals surface area contributed by atoms with Crippen LogP contribution >= 0.6 is 0 Å². The van der Waals surface area contributed by atoms with Crippen molar-refractivity contribution in [3.63, 3.8) is 0 Å². The van der Waals surface area contributed by atoms with Crippen molar-refractivity contribution in [2.45, 2.75) is 26.2 Å². The maximum Gasteiger partial charge on any atom is 0.319 e. The van der Waals surface area contributed by atoms with E-state index < -0.39 is 0 Å². The Morgan fingerprint density at radius 3 is 2.55 bits per heavy atom. The maximum atomic E-state index is 11.8. The van der Waals surface area contributed by atoms with E-state index >= 15 is 0 Å². The fourth-order valence-electron chi connectivity index (χ4n) is 2.24. The first-order valence-corrected chi connectivity index (χ1v) is 6.96. The number of rotatable bonds is 4. The zero-order valence-corrected chi connectivity index (χ0v) is 11.7. The van der Waals surface area contributed by atoms with Crippen molar-refractivity contribution in [3.05, 3.63) is 42.0 Å². The third-order valence-electron chi connectivity index (χ3n) is 3.48.